The lowest BCUT2D eigenvalue weighted by atomic mass is 10.2. The van der Waals surface area contributed by atoms with Gasteiger partial charge in [0.2, 0.25) is 0 Å². The van der Waals surface area contributed by atoms with Gasteiger partial charge < -0.3 is 9.30 Å². The van der Waals surface area contributed by atoms with E-state index < -0.39 is 0 Å². The van der Waals surface area contributed by atoms with E-state index in [1.165, 1.54) is 0 Å². The molecule has 0 aromatic carbocycles. The molecular formula is C12H19NO2. The number of methoxy groups -OCH3 is 1. The Kier molecular flexibility index (Phi) is 4.09. The summed E-state index contributed by atoms with van der Waals surface area (Å²) in [7, 11) is 1.71. The van der Waals surface area contributed by atoms with Crippen molar-refractivity contribution in [1.82, 2.24) is 4.57 Å². The lowest BCUT2D eigenvalue weighted by Crippen LogP contribution is -2.14. The minimum Gasteiger partial charge on any atom is -0.384 e. The van der Waals surface area contributed by atoms with Crippen LogP contribution >= 0.6 is 0 Å². The predicted molar refractivity (Wildman–Crippen MR) is 60.3 cm³/mol. The number of hydrogen-bond acceptors (Lipinski definition) is 2. The Balaban J connectivity index is 2.84. The summed E-state index contributed by atoms with van der Waals surface area (Å²) < 4.78 is 7.28. The quantitative estimate of drug-likeness (QED) is 0.696. The molecule has 1 aromatic rings. The lowest BCUT2D eigenvalue weighted by molar-refractivity contribution is 0.112. The van der Waals surface area contributed by atoms with Crippen LogP contribution in [0.1, 0.15) is 28.7 Å². The molecule has 0 aliphatic heterocycles. The Morgan fingerprint density at radius 3 is 2.67 bits per heavy atom. The Labute approximate surface area is 91.0 Å². The van der Waals surface area contributed by atoms with Gasteiger partial charge in [0.1, 0.15) is 0 Å². The summed E-state index contributed by atoms with van der Waals surface area (Å²) >= 11 is 0. The Bertz CT molecular complexity index is 342. The summed E-state index contributed by atoms with van der Waals surface area (Å²) in [5.74, 6) is 0.458. The highest BCUT2D eigenvalue weighted by molar-refractivity contribution is 5.77. The van der Waals surface area contributed by atoms with Gasteiger partial charge in [-0.05, 0) is 25.8 Å². The third-order valence-electron chi connectivity index (χ3n) is 2.69. The van der Waals surface area contributed by atoms with Crippen molar-refractivity contribution in [2.75, 3.05) is 13.7 Å². The van der Waals surface area contributed by atoms with Crippen LogP contribution in [0.15, 0.2) is 6.07 Å². The highest BCUT2D eigenvalue weighted by Crippen LogP contribution is 2.15. The zero-order valence-electron chi connectivity index (χ0n) is 9.91. The van der Waals surface area contributed by atoms with E-state index in [0.717, 1.165) is 36.4 Å². The first kappa shape index (κ1) is 12.0. The molecule has 1 heterocycles. The van der Waals surface area contributed by atoms with Crippen LogP contribution in [-0.4, -0.2) is 24.6 Å². The topological polar surface area (TPSA) is 31.2 Å². The van der Waals surface area contributed by atoms with Crippen molar-refractivity contribution in [3.05, 3.63) is 23.0 Å². The maximum atomic E-state index is 10.8. The fourth-order valence-corrected chi connectivity index (χ4v) is 1.88. The minimum absolute atomic E-state index is 0.458. The van der Waals surface area contributed by atoms with Gasteiger partial charge in [-0.3, -0.25) is 4.79 Å². The average Bonchev–Trinajstić information content (AvgIpc) is 2.45. The second-order valence-corrected chi connectivity index (χ2v) is 4.12. The molecule has 3 nitrogen and oxygen atoms in total. The number of ether oxygens (including phenoxy) is 1. The molecule has 0 aliphatic carbocycles. The number of aromatic nitrogens is 1. The molecular weight excluding hydrogens is 190 g/mol. The molecule has 1 rings (SSSR count). The van der Waals surface area contributed by atoms with Gasteiger partial charge in [-0.2, -0.15) is 0 Å². The summed E-state index contributed by atoms with van der Waals surface area (Å²) in [6, 6.07) is 1.93. The number of nitrogens with zero attached hydrogens (tertiary/aromatic N) is 1. The van der Waals surface area contributed by atoms with E-state index in [1.54, 1.807) is 7.11 Å². The second kappa shape index (κ2) is 5.12. The predicted octanol–water partition coefficient (Wildman–Crippen LogP) is 2.20. The van der Waals surface area contributed by atoms with Crippen molar-refractivity contribution < 1.29 is 9.53 Å². The summed E-state index contributed by atoms with van der Waals surface area (Å²) in [6.45, 7) is 7.80. The molecule has 0 saturated carbocycles. The summed E-state index contributed by atoms with van der Waals surface area (Å²) in [4.78, 5) is 10.8. The molecule has 84 valence electrons. The molecule has 0 aliphatic rings. The fourth-order valence-electron chi connectivity index (χ4n) is 1.88. The Morgan fingerprint density at radius 1 is 1.53 bits per heavy atom. The molecule has 1 aromatic heterocycles. The monoisotopic (exact) mass is 209 g/mol. The summed E-state index contributed by atoms with van der Waals surface area (Å²) in [6.07, 6.45) is 0.916. The SMILES string of the molecule is COCC(C)Cn1c(C)cc(C=O)c1C. The van der Waals surface area contributed by atoms with Gasteiger partial charge in [0.25, 0.3) is 0 Å². The van der Waals surface area contributed by atoms with E-state index in [0.29, 0.717) is 5.92 Å². The highest BCUT2D eigenvalue weighted by atomic mass is 16.5. The number of aryl methyl sites for hydroxylation is 1. The van der Waals surface area contributed by atoms with Crippen LogP contribution in [0.4, 0.5) is 0 Å². The lowest BCUT2D eigenvalue weighted by Gasteiger charge is -2.15. The number of carbonyl (C=O) groups is 1. The second-order valence-electron chi connectivity index (χ2n) is 4.12. The molecule has 3 heteroatoms. The van der Waals surface area contributed by atoms with Crippen LogP contribution in [0.25, 0.3) is 0 Å². The van der Waals surface area contributed by atoms with Crippen LogP contribution in [0, 0.1) is 19.8 Å². The molecule has 0 N–H and O–H groups in total. The fraction of sp³-hybridized carbons (Fsp3) is 0.583. The van der Waals surface area contributed by atoms with E-state index in [2.05, 4.69) is 11.5 Å². The van der Waals surface area contributed by atoms with Crippen LogP contribution in [0.5, 0.6) is 0 Å². The van der Waals surface area contributed by atoms with E-state index >= 15 is 0 Å². The van der Waals surface area contributed by atoms with Crippen molar-refractivity contribution in [3.8, 4) is 0 Å². The van der Waals surface area contributed by atoms with E-state index in [-0.39, 0.29) is 0 Å². The van der Waals surface area contributed by atoms with Crippen molar-refractivity contribution in [1.29, 1.82) is 0 Å². The first-order chi connectivity index (χ1) is 7.10. The van der Waals surface area contributed by atoms with Crippen molar-refractivity contribution in [2.45, 2.75) is 27.3 Å². The average molecular weight is 209 g/mol. The molecule has 15 heavy (non-hydrogen) atoms. The van der Waals surface area contributed by atoms with Gasteiger partial charge in [-0.15, -0.1) is 0 Å². The number of hydrogen-bond donors (Lipinski definition) is 0. The van der Waals surface area contributed by atoms with E-state index in [9.17, 15) is 4.79 Å². The maximum absolute atomic E-state index is 10.8. The van der Waals surface area contributed by atoms with Crippen molar-refractivity contribution in [3.63, 3.8) is 0 Å². The van der Waals surface area contributed by atoms with Gasteiger partial charge in [0.05, 0.1) is 6.61 Å². The normalized spacial score (nSPS) is 12.8. The molecule has 0 radical (unpaired) electrons. The Morgan fingerprint density at radius 2 is 2.20 bits per heavy atom. The first-order valence-corrected chi connectivity index (χ1v) is 5.21. The maximum Gasteiger partial charge on any atom is 0.151 e. The largest absolute Gasteiger partial charge is 0.384 e. The molecule has 0 saturated heterocycles. The van der Waals surface area contributed by atoms with Crippen molar-refractivity contribution in [2.24, 2.45) is 5.92 Å². The first-order valence-electron chi connectivity index (χ1n) is 5.21. The van der Waals surface area contributed by atoms with Crippen molar-refractivity contribution >= 4 is 6.29 Å². The Hall–Kier alpha value is -1.09. The summed E-state index contributed by atoms with van der Waals surface area (Å²) in [5, 5.41) is 0. The third-order valence-corrected chi connectivity index (χ3v) is 2.69. The van der Waals surface area contributed by atoms with Gasteiger partial charge >= 0.3 is 0 Å². The molecule has 1 unspecified atom stereocenters. The smallest absolute Gasteiger partial charge is 0.151 e. The molecule has 0 amide bonds. The highest BCUT2D eigenvalue weighted by Gasteiger charge is 2.10. The van der Waals surface area contributed by atoms with Crippen LogP contribution in [0.2, 0.25) is 0 Å². The van der Waals surface area contributed by atoms with Crippen LogP contribution in [0.3, 0.4) is 0 Å². The van der Waals surface area contributed by atoms with Crippen LogP contribution < -0.4 is 0 Å². The standard InChI is InChI=1S/C12H19NO2/c1-9(8-15-4)6-13-10(2)5-12(7-14)11(13)3/h5,7,9H,6,8H2,1-4H3. The number of carbonyl (C=O) groups excluding carboxylic acids is 1. The molecule has 0 bridgehead atoms. The van der Waals surface area contributed by atoms with Gasteiger partial charge in [-0.1, -0.05) is 6.92 Å². The van der Waals surface area contributed by atoms with E-state index in [4.69, 9.17) is 4.74 Å². The van der Waals surface area contributed by atoms with Crippen LogP contribution in [-0.2, 0) is 11.3 Å². The van der Waals surface area contributed by atoms with Gasteiger partial charge in [0.15, 0.2) is 6.29 Å². The molecule has 1 atom stereocenters. The number of aldehydes is 1. The molecule has 0 spiro atoms. The van der Waals surface area contributed by atoms with Gasteiger partial charge in [0, 0.05) is 30.6 Å². The summed E-state index contributed by atoms with van der Waals surface area (Å²) in [5.41, 5.74) is 2.97. The number of rotatable bonds is 5. The molecule has 0 fully saturated rings. The minimum atomic E-state index is 0.458. The zero-order valence-corrected chi connectivity index (χ0v) is 9.91. The van der Waals surface area contributed by atoms with Gasteiger partial charge in [-0.25, -0.2) is 0 Å². The van der Waals surface area contributed by atoms with E-state index in [1.807, 2.05) is 19.9 Å². The zero-order chi connectivity index (χ0) is 11.4. The third kappa shape index (κ3) is 2.69.